The molecule has 2 heterocycles. The van der Waals surface area contributed by atoms with E-state index in [9.17, 15) is 14.4 Å². The largest absolute Gasteiger partial charge is 0.493 e. The maximum atomic E-state index is 12.9. The van der Waals surface area contributed by atoms with Crippen LogP contribution in [-0.4, -0.2) is 73.8 Å². The van der Waals surface area contributed by atoms with Gasteiger partial charge in [-0.05, 0) is 36.0 Å². The lowest BCUT2D eigenvalue weighted by atomic mass is 10.1. The molecule has 0 bridgehead atoms. The van der Waals surface area contributed by atoms with E-state index in [2.05, 4.69) is 4.90 Å². The molecule has 0 unspecified atom stereocenters. The van der Waals surface area contributed by atoms with E-state index >= 15 is 0 Å². The molecule has 0 aliphatic carbocycles. The zero-order valence-electron chi connectivity index (χ0n) is 18.5. The molecule has 2 aliphatic rings. The molecule has 2 aliphatic heterocycles. The van der Waals surface area contributed by atoms with E-state index in [0.717, 1.165) is 22.3 Å². The Balaban J connectivity index is 1.41. The fraction of sp³-hybridized carbons (Fsp3) is 0.292. The first-order valence-electron chi connectivity index (χ1n) is 10.6. The van der Waals surface area contributed by atoms with Gasteiger partial charge >= 0.3 is 0 Å². The number of piperazine rings is 1. The number of thioether (sulfide) groups is 1. The number of methoxy groups -OCH3 is 2. The molecule has 0 atom stereocenters. The van der Waals surface area contributed by atoms with Crippen LogP contribution in [0.5, 0.6) is 11.5 Å². The van der Waals surface area contributed by atoms with Crippen molar-refractivity contribution in [2.75, 3.05) is 51.8 Å². The van der Waals surface area contributed by atoms with Crippen LogP contribution in [0.15, 0.2) is 53.4 Å². The van der Waals surface area contributed by atoms with Crippen LogP contribution in [0.4, 0.5) is 10.5 Å². The van der Waals surface area contributed by atoms with Crippen molar-refractivity contribution in [3.05, 3.63) is 59.0 Å². The van der Waals surface area contributed by atoms with Crippen LogP contribution >= 0.6 is 11.8 Å². The first kappa shape index (κ1) is 22.7. The molecule has 3 amide bonds. The lowest BCUT2D eigenvalue weighted by molar-refractivity contribution is -0.136. The van der Waals surface area contributed by atoms with Gasteiger partial charge in [0.05, 0.1) is 19.1 Å². The summed E-state index contributed by atoms with van der Waals surface area (Å²) < 4.78 is 10.7. The summed E-state index contributed by atoms with van der Waals surface area (Å²) in [4.78, 5) is 43.4. The van der Waals surface area contributed by atoms with Crippen molar-refractivity contribution in [1.82, 2.24) is 9.80 Å². The predicted octanol–water partition coefficient (Wildman–Crippen LogP) is 3.09. The van der Waals surface area contributed by atoms with Crippen LogP contribution in [-0.2, 0) is 9.59 Å². The van der Waals surface area contributed by atoms with E-state index in [-0.39, 0.29) is 17.4 Å². The van der Waals surface area contributed by atoms with Gasteiger partial charge in [0.2, 0.25) is 5.91 Å². The number of carbonyl (C=O) groups is 3. The maximum Gasteiger partial charge on any atom is 0.294 e. The third-order valence-corrected chi connectivity index (χ3v) is 6.55. The van der Waals surface area contributed by atoms with Crippen LogP contribution < -0.4 is 14.4 Å². The lowest BCUT2D eigenvalue weighted by Crippen LogP contribution is -2.51. The summed E-state index contributed by atoms with van der Waals surface area (Å²) in [5, 5.41) is -0.454. The SMILES string of the molecule is COc1cccc(/C=C2/SC(=O)N(CC(=O)N3CCN(c4ccccc4)CC3)C2=O)c1OC. The number of amides is 3. The van der Waals surface area contributed by atoms with E-state index in [1.807, 2.05) is 30.3 Å². The van der Waals surface area contributed by atoms with Crippen LogP contribution in [0.1, 0.15) is 5.56 Å². The second kappa shape index (κ2) is 9.99. The monoisotopic (exact) mass is 467 g/mol. The predicted molar refractivity (Wildman–Crippen MR) is 127 cm³/mol. The van der Waals surface area contributed by atoms with E-state index in [1.165, 1.54) is 14.2 Å². The Morgan fingerprint density at radius 3 is 2.36 bits per heavy atom. The lowest BCUT2D eigenvalue weighted by Gasteiger charge is -2.36. The molecule has 0 aromatic heterocycles. The van der Waals surface area contributed by atoms with Crippen molar-refractivity contribution in [2.45, 2.75) is 0 Å². The van der Waals surface area contributed by atoms with Crippen LogP contribution in [0, 0.1) is 0 Å². The Hall–Kier alpha value is -3.46. The van der Waals surface area contributed by atoms with Crippen LogP contribution in [0.25, 0.3) is 6.08 Å². The molecule has 2 saturated heterocycles. The summed E-state index contributed by atoms with van der Waals surface area (Å²) in [6.45, 7) is 2.23. The Morgan fingerprint density at radius 1 is 0.970 bits per heavy atom. The van der Waals surface area contributed by atoms with Gasteiger partial charge in [0.1, 0.15) is 6.54 Å². The third kappa shape index (κ3) is 4.83. The highest BCUT2D eigenvalue weighted by molar-refractivity contribution is 8.18. The molecule has 172 valence electrons. The highest BCUT2D eigenvalue weighted by Gasteiger charge is 2.37. The number of para-hydroxylation sites is 2. The van der Waals surface area contributed by atoms with Gasteiger partial charge in [-0.15, -0.1) is 0 Å². The van der Waals surface area contributed by atoms with Crippen LogP contribution in [0.3, 0.4) is 0 Å². The van der Waals surface area contributed by atoms with Gasteiger partial charge in [-0.3, -0.25) is 19.3 Å². The number of anilines is 1. The molecule has 0 N–H and O–H groups in total. The molecular formula is C24H25N3O5S. The van der Waals surface area contributed by atoms with Gasteiger partial charge in [-0.2, -0.15) is 0 Å². The van der Waals surface area contributed by atoms with Gasteiger partial charge in [0.25, 0.3) is 11.1 Å². The minimum absolute atomic E-state index is 0.231. The fourth-order valence-electron chi connectivity index (χ4n) is 3.89. The van der Waals surface area contributed by atoms with E-state index in [0.29, 0.717) is 43.2 Å². The minimum atomic E-state index is -0.480. The number of ether oxygens (including phenoxy) is 2. The Kier molecular flexibility index (Phi) is 6.88. The van der Waals surface area contributed by atoms with E-state index in [4.69, 9.17) is 9.47 Å². The van der Waals surface area contributed by atoms with Crippen molar-refractivity contribution in [1.29, 1.82) is 0 Å². The van der Waals surface area contributed by atoms with E-state index in [1.54, 1.807) is 29.2 Å². The molecule has 33 heavy (non-hydrogen) atoms. The van der Waals surface area contributed by atoms with Gasteiger partial charge in [-0.25, -0.2) is 0 Å². The Morgan fingerprint density at radius 2 is 1.70 bits per heavy atom. The normalized spacial score (nSPS) is 17.6. The summed E-state index contributed by atoms with van der Waals surface area (Å²) in [6, 6.07) is 15.3. The number of benzene rings is 2. The maximum absolute atomic E-state index is 12.9. The molecule has 0 saturated carbocycles. The number of nitrogens with zero attached hydrogens (tertiary/aromatic N) is 3. The quantitative estimate of drug-likeness (QED) is 0.604. The Bertz CT molecular complexity index is 1080. The van der Waals surface area contributed by atoms with Gasteiger partial charge in [-0.1, -0.05) is 30.3 Å². The smallest absolute Gasteiger partial charge is 0.294 e. The average Bonchev–Trinajstić information content (AvgIpc) is 3.11. The van der Waals surface area contributed by atoms with Crippen molar-refractivity contribution >= 4 is 40.6 Å². The van der Waals surface area contributed by atoms with E-state index < -0.39 is 11.1 Å². The summed E-state index contributed by atoms with van der Waals surface area (Å²) >= 11 is 0.819. The zero-order valence-corrected chi connectivity index (χ0v) is 19.3. The molecule has 2 aromatic rings. The topological polar surface area (TPSA) is 79.4 Å². The van der Waals surface area contributed by atoms with Crippen molar-refractivity contribution in [2.24, 2.45) is 0 Å². The highest BCUT2D eigenvalue weighted by atomic mass is 32.2. The summed E-state index contributed by atoms with van der Waals surface area (Å²) in [6.07, 6.45) is 1.59. The number of imide groups is 1. The fourth-order valence-corrected chi connectivity index (χ4v) is 4.72. The third-order valence-electron chi connectivity index (χ3n) is 5.64. The molecule has 4 rings (SSSR count). The summed E-state index contributed by atoms with van der Waals surface area (Å²) in [5.41, 5.74) is 1.74. The minimum Gasteiger partial charge on any atom is -0.493 e. The first-order valence-corrected chi connectivity index (χ1v) is 11.4. The highest BCUT2D eigenvalue weighted by Crippen LogP contribution is 2.37. The molecule has 2 fully saturated rings. The second-order valence-corrected chi connectivity index (χ2v) is 8.55. The Labute approximate surface area is 196 Å². The zero-order chi connectivity index (χ0) is 23.4. The summed E-state index contributed by atoms with van der Waals surface area (Å²) in [7, 11) is 3.04. The van der Waals surface area contributed by atoms with Crippen molar-refractivity contribution in [3.63, 3.8) is 0 Å². The standard InChI is InChI=1S/C24H25N3O5S/c1-31-19-10-6-7-17(22(19)32-2)15-20-23(29)27(24(30)33-20)16-21(28)26-13-11-25(12-14-26)18-8-4-3-5-9-18/h3-10,15H,11-14,16H2,1-2H3/b20-15+. The van der Waals surface area contributed by atoms with Crippen molar-refractivity contribution in [3.8, 4) is 11.5 Å². The van der Waals surface area contributed by atoms with Gasteiger partial charge in [0, 0.05) is 37.4 Å². The second-order valence-electron chi connectivity index (χ2n) is 7.55. The number of hydrogen-bond donors (Lipinski definition) is 0. The van der Waals surface area contributed by atoms with Gasteiger partial charge in [0.15, 0.2) is 11.5 Å². The van der Waals surface area contributed by atoms with Crippen LogP contribution in [0.2, 0.25) is 0 Å². The molecule has 9 heteroatoms. The molecule has 2 aromatic carbocycles. The number of hydrogen-bond acceptors (Lipinski definition) is 7. The van der Waals surface area contributed by atoms with Gasteiger partial charge < -0.3 is 19.3 Å². The average molecular weight is 468 g/mol. The molecule has 0 spiro atoms. The molecular weight excluding hydrogens is 442 g/mol. The first-order chi connectivity index (χ1) is 16.0. The summed E-state index contributed by atoms with van der Waals surface area (Å²) in [5.74, 6) is 0.283. The van der Waals surface area contributed by atoms with Crippen molar-refractivity contribution < 1.29 is 23.9 Å². The molecule has 0 radical (unpaired) electrons. The molecule has 8 nitrogen and oxygen atoms in total. The number of rotatable bonds is 6. The number of carbonyl (C=O) groups excluding carboxylic acids is 3.